The van der Waals surface area contributed by atoms with E-state index in [9.17, 15) is 4.79 Å². The van der Waals surface area contributed by atoms with Crippen LogP contribution in [0.3, 0.4) is 0 Å². The fraction of sp³-hybridized carbons (Fsp3) is 0.333. The molecule has 1 atom stereocenters. The summed E-state index contributed by atoms with van der Waals surface area (Å²) < 4.78 is 6.53. The van der Waals surface area contributed by atoms with Gasteiger partial charge < -0.3 is 10.1 Å². The summed E-state index contributed by atoms with van der Waals surface area (Å²) in [6, 6.07) is 14.7. The molecule has 1 fully saturated rings. The standard InChI is InChI=1S/C27H29N3O2S/c1-4-30-13-5-6-19(30)15-29-27(31)26-24(18-9-7-17(2)8-10-18)22-16-28-23-12-11-20(32-3)14-21(23)25(22)33-26/h7-12,14,16,19H,4-6,13,15H2,1-3H3,(H,29,31). The summed E-state index contributed by atoms with van der Waals surface area (Å²) in [5, 5.41) is 5.26. The number of carbonyl (C=O) groups is 1. The highest BCUT2D eigenvalue weighted by molar-refractivity contribution is 7.22. The first-order valence-electron chi connectivity index (χ1n) is 11.6. The fourth-order valence-electron chi connectivity index (χ4n) is 4.84. The second-order valence-corrected chi connectivity index (χ2v) is 9.71. The van der Waals surface area contributed by atoms with E-state index in [2.05, 4.69) is 48.3 Å². The highest BCUT2D eigenvalue weighted by Gasteiger charge is 2.26. The third-order valence-electron chi connectivity index (χ3n) is 6.68. The zero-order chi connectivity index (χ0) is 22.9. The van der Waals surface area contributed by atoms with Crippen LogP contribution in [-0.2, 0) is 0 Å². The molecule has 1 amide bonds. The molecule has 6 heteroatoms. The molecule has 1 aliphatic rings. The third kappa shape index (κ3) is 4.09. The molecule has 4 aromatic rings. The van der Waals surface area contributed by atoms with Gasteiger partial charge in [0.25, 0.3) is 5.91 Å². The van der Waals surface area contributed by atoms with Crippen molar-refractivity contribution >= 4 is 38.2 Å². The van der Waals surface area contributed by atoms with Crippen LogP contribution < -0.4 is 10.1 Å². The van der Waals surface area contributed by atoms with Crippen molar-refractivity contribution in [2.24, 2.45) is 0 Å². The van der Waals surface area contributed by atoms with Crippen LogP contribution in [0.25, 0.3) is 32.1 Å². The number of methoxy groups -OCH3 is 1. The fourth-order valence-corrected chi connectivity index (χ4v) is 6.07. The summed E-state index contributed by atoms with van der Waals surface area (Å²) in [6.07, 6.45) is 4.24. The van der Waals surface area contributed by atoms with Crippen molar-refractivity contribution in [3.63, 3.8) is 0 Å². The lowest BCUT2D eigenvalue weighted by Crippen LogP contribution is -2.39. The number of hydrogen-bond acceptors (Lipinski definition) is 5. The summed E-state index contributed by atoms with van der Waals surface area (Å²) >= 11 is 1.55. The first-order valence-corrected chi connectivity index (χ1v) is 12.4. The van der Waals surface area contributed by atoms with Crippen LogP contribution in [0, 0.1) is 6.92 Å². The predicted octanol–water partition coefficient (Wildman–Crippen LogP) is 5.65. The SMILES string of the molecule is CCN1CCCC1CNC(=O)c1sc2c(cnc3ccc(OC)cc32)c1-c1ccc(C)cc1. The molecule has 1 aliphatic heterocycles. The quantitative estimate of drug-likeness (QED) is 0.405. The number of likely N-dealkylation sites (tertiary alicyclic amines) is 1. The monoisotopic (exact) mass is 459 g/mol. The number of rotatable bonds is 6. The Morgan fingerprint density at radius 2 is 2.03 bits per heavy atom. The highest BCUT2D eigenvalue weighted by Crippen LogP contribution is 2.42. The molecule has 0 bridgehead atoms. The second kappa shape index (κ2) is 9.12. The van der Waals surface area contributed by atoms with Gasteiger partial charge in [0.15, 0.2) is 0 Å². The van der Waals surface area contributed by atoms with Crippen molar-refractivity contribution in [3.05, 3.63) is 59.1 Å². The molecular formula is C27H29N3O2S. The average Bonchev–Trinajstić information content (AvgIpc) is 3.47. The van der Waals surface area contributed by atoms with Crippen molar-refractivity contribution in [2.75, 3.05) is 26.7 Å². The topological polar surface area (TPSA) is 54.5 Å². The number of aryl methyl sites for hydroxylation is 1. The third-order valence-corrected chi connectivity index (χ3v) is 7.91. The van der Waals surface area contributed by atoms with E-state index in [4.69, 9.17) is 9.72 Å². The summed E-state index contributed by atoms with van der Waals surface area (Å²) in [6.45, 7) is 7.09. The predicted molar refractivity (Wildman–Crippen MR) is 136 cm³/mol. The number of nitrogens with zero attached hydrogens (tertiary/aromatic N) is 2. The number of likely N-dealkylation sites (N-methyl/N-ethyl adjacent to an activating group) is 1. The van der Waals surface area contributed by atoms with Gasteiger partial charge in [-0.05, 0) is 56.6 Å². The molecule has 0 saturated carbocycles. The molecule has 170 valence electrons. The van der Waals surface area contributed by atoms with E-state index in [1.807, 2.05) is 24.4 Å². The van der Waals surface area contributed by atoms with Crippen LogP contribution in [0.4, 0.5) is 0 Å². The lowest BCUT2D eigenvalue weighted by atomic mass is 10.0. The number of amides is 1. The summed E-state index contributed by atoms with van der Waals surface area (Å²) in [5.74, 6) is 0.778. The van der Waals surface area contributed by atoms with Gasteiger partial charge in [0, 0.05) is 39.8 Å². The zero-order valence-electron chi connectivity index (χ0n) is 19.4. The molecule has 1 unspecified atom stereocenters. The number of nitrogens with one attached hydrogen (secondary N) is 1. The number of fused-ring (bicyclic) bond motifs is 3. The Morgan fingerprint density at radius 1 is 1.21 bits per heavy atom. The number of benzene rings is 2. The van der Waals surface area contributed by atoms with E-state index in [1.165, 1.54) is 12.0 Å². The number of aromatic nitrogens is 1. The van der Waals surface area contributed by atoms with E-state index in [0.29, 0.717) is 12.6 Å². The maximum absolute atomic E-state index is 13.5. The summed E-state index contributed by atoms with van der Waals surface area (Å²) in [4.78, 5) is 21.4. The van der Waals surface area contributed by atoms with Crippen LogP contribution >= 0.6 is 11.3 Å². The summed E-state index contributed by atoms with van der Waals surface area (Å²) in [5.41, 5.74) is 4.09. The first-order chi connectivity index (χ1) is 16.1. The molecule has 5 rings (SSSR count). The smallest absolute Gasteiger partial charge is 0.262 e. The van der Waals surface area contributed by atoms with E-state index in [0.717, 1.165) is 62.3 Å². The van der Waals surface area contributed by atoms with Gasteiger partial charge in [0.1, 0.15) is 10.6 Å². The lowest BCUT2D eigenvalue weighted by molar-refractivity contribution is 0.0946. The minimum Gasteiger partial charge on any atom is -0.497 e. The molecule has 3 heterocycles. The van der Waals surface area contributed by atoms with Gasteiger partial charge in [0.2, 0.25) is 0 Å². The first kappa shape index (κ1) is 21.9. The largest absolute Gasteiger partial charge is 0.497 e. The zero-order valence-corrected chi connectivity index (χ0v) is 20.2. The van der Waals surface area contributed by atoms with Crippen molar-refractivity contribution in [3.8, 4) is 16.9 Å². The molecule has 0 spiro atoms. The van der Waals surface area contributed by atoms with Crippen molar-refractivity contribution in [2.45, 2.75) is 32.7 Å². The molecule has 1 saturated heterocycles. The molecule has 0 aliphatic carbocycles. The van der Waals surface area contributed by atoms with Crippen LogP contribution in [-0.4, -0.2) is 48.6 Å². The average molecular weight is 460 g/mol. The maximum atomic E-state index is 13.5. The van der Waals surface area contributed by atoms with Gasteiger partial charge in [-0.2, -0.15) is 0 Å². The number of ether oxygens (including phenoxy) is 1. The normalized spacial score (nSPS) is 16.5. The maximum Gasteiger partial charge on any atom is 0.262 e. The number of hydrogen-bond donors (Lipinski definition) is 1. The van der Waals surface area contributed by atoms with E-state index in [1.54, 1.807) is 18.4 Å². The highest BCUT2D eigenvalue weighted by atomic mass is 32.1. The molecule has 5 nitrogen and oxygen atoms in total. The van der Waals surface area contributed by atoms with Gasteiger partial charge >= 0.3 is 0 Å². The van der Waals surface area contributed by atoms with Crippen molar-refractivity contribution < 1.29 is 9.53 Å². The Balaban J connectivity index is 1.61. The summed E-state index contributed by atoms with van der Waals surface area (Å²) in [7, 11) is 1.67. The molecule has 0 radical (unpaired) electrons. The molecule has 2 aromatic heterocycles. The van der Waals surface area contributed by atoms with Gasteiger partial charge in [-0.25, -0.2) is 0 Å². The molecule has 2 aromatic carbocycles. The van der Waals surface area contributed by atoms with Crippen molar-refractivity contribution in [1.82, 2.24) is 15.2 Å². The molecule has 1 N–H and O–H groups in total. The van der Waals surface area contributed by atoms with E-state index < -0.39 is 0 Å². The Morgan fingerprint density at radius 3 is 2.79 bits per heavy atom. The van der Waals surface area contributed by atoms with E-state index in [-0.39, 0.29) is 5.91 Å². The van der Waals surface area contributed by atoms with Crippen LogP contribution in [0.2, 0.25) is 0 Å². The number of pyridine rings is 1. The lowest BCUT2D eigenvalue weighted by Gasteiger charge is -2.22. The van der Waals surface area contributed by atoms with Gasteiger partial charge in [-0.1, -0.05) is 36.8 Å². The Kier molecular flexibility index (Phi) is 6.04. The molecular weight excluding hydrogens is 430 g/mol. The second-order valence-electron chi connectivity index (χ2n) is 8.69. The van der Waals surface area contributed by atoms with Crippen LogP contribution in [0.5, 0.6) is 5.75 Å². The minimum absolute atomic E-state index is 0.00854. The van der Waals surface area contributed by atoms with Crippen molar-refractivity contribution in [1.29, 1.82) is 0 Å². The van der Waals surface area contributed by atoms with E-state index >= 15 is 0 Å². The van der Waals surface area contributed by atoms with Crippen LogP contribution in [0.15, 0.2) is 48.7 Å². The van der Waals surface area contributed by atoms with Gasteiger partial charge in [-0.15, -0.1) is 11.3 Å². The van der Waals surface area contributed by atoms with Crippen LogP contribution in [0.1, 0.15) is 35.0 Å². The Bertz CT molecular complexity index is 1310. The Hall–Kier alpha value is -2.96. The van der Waals surface area contributed by atoms with Gasteiger partial charge in [-0.3, -0.25) is 14.7 Å². The number of carbonyl (C=O) groups excluding carboxylic acids is 1. The molecule has 33 heavy (non-hydrogen) atoms. The number of thiophene rings is 1. The minimum atomic E-state index is -0.00854. The Labute approximate surface area is 198 Å². The van der Waals surface area contributed by atoms with Gasteiger partial charge in [0.05, 0.1) is 12.6 Å².